The highest BCUT2D eigenvalue weighted by molar-refractivity contribution is 6.30. The van der Waals surface area contributed by atoms with Crippen LogP contribution in [-0.4, -0.2) is 24.1 Å². The van der Waals surface area contributed by atoms with Crippen LogP contribution < -0.4 is 11.2 Å². The average molecular weight is 407 g/mol. The fourth-order valence-corrected chi connectivity index (χ4v) is 2.78. The van der Waals surface area contributed by atoms with Gasteiger partial charge in [0, 0.05) is 11.9 Å². The molecule has 27 heavy (non-hydrogen) atoms. The number of hydrogen-bond acceptors (Lipinski definition) is 6. The summed E-state index contributed by atoms with van der Waals surface area (Å²) < 4.78 is 15.3. The van der Waals surface area contributed by atoms with Crippen molar-refractivity contribution in [2.45, 2.75) is 13.5 Å². The van der Waals surface area contributed by atoms with Crippen molar-refractivity contribution in [3.05, 3.63) is 67.2 Å². The summed E-state index contributed by atoms with van der Waals surface area (Å²) in [5.74, 6) is -1.04. The van der Waals surface area contributed by atoms with E-state index in [1.807, 2.05) is 6.07 Å². The SMILES string of the molecule is Cc1c(-c2ncc(F)c(Cl)n2)c(=O)n(-c2cncc(Cl)c2)c(=O)n1CC#N. The van der Waals surface area contributed by atoms with Gasteiger partial charge < -0.3 is 0 Å². The van der Waals surface area contributed by atoms with Crippen molar-refractivity contribution in [1.82, 2.24) is 24.1 Å². The van der Waals surface area contributed by atoms with Crippen LogP contribution in [0.25, 0.3) is 17.1 Å². The highest BCUT2D eigenvalue weighted by atomic mass is 35.5. The van der Waals surface area contributed by atoms with Crippen LogP contribution in [-0.2, 0) is 6.54 Å². The molecule has 0 atom stereocenters. The molecular weight excluding hydrogens is 398 g/mol. The van der Waals surface area contributed by atoms with Crippen LogP contribution in [0.4, 0.5) is 4.39 Å². The highest BCUT2D eigenvalue weighted by Crippen LogP contribution is 2.19. The molecule has 0 aliphatic carbocycles. The van der Waals surface area contributed by atoms with Crippen molar-refractivity contribution in [2.24, 2.45) is 0 Å². The molecule has 0 radical (unpaired) electrons. The molecule has 136 valence electrons. The first-order chi connectivity index (χ1) is 12.8. The number of halogens is 3. The van der Waals surface area contributed by atoms with Gasteiger partial charge in [0.05, 0.1) is 29.2 Å². The molecule has 0 aliphatic rings. The average Bonchev–Trinajstić information content (AvgIpc) is 2.62. The van der Waals surface area contributed by atoms with Gasteiger partial charge in [-0.05, 0) is 13.0 Å². The van der Waals surface area contributed by atoms with Crippen LogP contribution in [0.3, 0.4) is 0 Å². The van der Waals surface area contributed by atoms with Gasteiger partial charge >= 0.3 is 5.69 Å². The predicted molar refractivity (Wildman–Crippen MR) is 95.4 cm³/mol. The molecule has 0 bridgehead atoms. The molecule has 11 heteroatoms. The number of rotatable bonds is 3. The molecule has 3 heterocycles. The summed E-state index contributed by atoms with van der Waals surface area (Å²) >= 11 is 11.6. The lowest BCUT2D eigenvalue weighted by Crippen LogP contribution is -2.41. The highest BCUT2D eigenvalue weighted by Gasteiger charge is 2.21. The van der Waals surface area contributed by atoms with E-state index in [0.717, 1.165) is 15.3 Å². The van der Waals surface area contributed by atoms with Crippen molar-refractivity contribution in [3.63, 3.8) is 0 Å². The molecule has 0 fully saturated rings. The minimum Gasteiger partial charge on any atom is -0.283 e. The van der Waals surface area contributed by atoms with E-state index < -0.39 is 22.2 Å². The van der Waals surface area contributed by atoms with Crippen LogP contribution >= 0.6 is 23.2 Å². The Labute approximate surface area is 161 Å². The zero-order valence-electron chi connectivity index (χ0n) is 13.7. The van der Waals surface area contributed by atoms with Gasteiger partial charge in [-0.1, -0.05) is 23.2 Å². The number of pyridine rings is 1. The van der Waals surface area contributed by atoms with Crippen LogP contribution in [0.5, 0.6) is 0 Å². The van der Waals surface area contributed by atoms with Gasteiger partial charge in [0.1, 0.15) is 12.1 Å². The van der Waals surface area contributed by atoms with E-state index in [4.69, 9.17) is 28.5 Å². The fraction of sp³-hybridized carbons (Fsp3) is 0.125. The molecule has 0 N–H and O–H groups in total. The Balaban J connectivity index is 2.44. The second-order valence-corrected chi connectivity index (χ2v) is 6.12. The van der Waals surface area contributed by atoms with Crippen molar-refractivity contribution in [2.75, 3.05) is 0 Å². The Morgan fingerprint density at radius 3 is 2.63 bits per heavy atom. The van der Waals surface area contributed by atoms with E-state index in [2.05, 4.69) is 15.0 Å². The number of nitriles is 1. The summed E-state index contributed by atoms with van der Waals surface area (Å²) in [6.07, 6.45) is 3.42. The third-order valence-electron chi connectivity index (χ3n) is 3.71. The van der Waals surface area contributed by atoms with Crippen LogP contribution in [0.2, 0.25) is 10.2 Å². The topological polar surface area (TPSA) is 106 Å². The Kier molecular flexibility index (Phi) is 5.03. The fourth-order valence-electron chi connectivity index (χ4n) is 2.48. The first-order valence-corrected chi connectivity index (χ1v) is 8.13. The Bertz CT molecular complexity index is 1210. The first kappa shape index (κ1) is 18.7. The van der Waals surface area contributed by atoms with Gasteiger partial charge in [-0.3, -0.25) is 14.3 Å². The van der Waals surface area contributed by atoms with Crippen molar-refractivity contribution >= 4 is 23.2 Å². The van der Waals surface area contributed by atoms with E-state index >= 15 is 0 Å². The summed E-state index contributed by atoms with van der Waals surface area (Å²) in [6, 6.07) is 3.22. The molecule has 0 unspecified atom stereocenters. The lowest BCUT2D eigenvalue weighted by atomic mass is 10.2. The van der Waals surface area contributed by atoms with Gasteiger partial charge in [0.2, 0.25) is 0 Å². The first-order valence-electron chi connectivity index (χ1n) is 7.38. The second kappa shape index (κ2) is 7.26. The molecule has 3 rings (SSSR count). The number of aromatic nitrogens is 5. The lowest BCUT2D eigenvalue weighted by molar-refractivity contribution is 0.614. The van der Waals surface area contributed by atoms with E-state index in [9.17, 15) is 14.0 Å². The third kappa shape index (κ3) is 3.32. The van der Waals surface area contributed by atoms with Gasteiger partial charge in [-0.2, -0.15) is 5.26 Å². The normalized spacial score (nSPS) is 10.6. The summed E-state index contributed by atoms with van der Waals surface area (Å²) in [5.41, 5.74) is -1.41. The Hall–Kier alpha value is -3.09. The second-order valence-electron chi connectivity index (χ2n) is 5.32. The number of nitrogens with zero attached hydrogens (tertiary/aromatic N) is 6. The quantitative estimate of drug-likeness (QED) is 0.616. The van der Waals surface area contributed by atoms with Crippen LogP contribution in [0, 0.1) is 24.1 Å². The van der Waals surface area contributed by atoms with E-state index in [1.54, 1.807) is 0 Å². The monoisotopic (exact) mass is 406 g/mol. The molecule has 0 saturated carbocycles. The van der Waals surface area contributed by atoms with Crippen molar-refractivity contribution < 1.29 is 4.39 Å². The molecule has 0 spiro atoms. The van der Waals surface area contributed by atoms with Crippen LogP contribution in [0.1, 0.15) is 5.69 Å². The van der Waals surface area contributed by atoms with E-state index in [0.29, 0.717) is 0 Å². The summed E-state index contributed by atoms with van der Waals surface area (Å²) in [4.78, 5) is 37.3. The van der Waals surface area contributed by atoms with Crippen molar-refractivity contribution in [3.8, 4) is 23.1 Å². The minimum absolute atomic E-state index is 0.0960. The maximum atomic E-state index is 13.4. The standard InChI is InChI=1S/C16H9Cl2FN6O2/c1-8-12(14-22-7-11(19)13(18)23-14)15(26)25(16(27)24(8)3-2-20)10-4-9(17)5-21-6-10/h4-7H,3H2,1H3. The van der Waals surface area contributed by atoms with Gasteiger partial charge in [-0.25, -0.2) is 23.7 Å². The molecule has 0 saturated heterocycles. The molecule has 3 aromatic rings. The molecule has 8 nitrogen and oxygen atoms in total. The third-order valence-corrected chi connectivity index (χ3v) is 4.18. The van der Waals surface area contributed by atoms with Crippen LogP contribution in [0.15, 0.2) is 34.2 Å². The summed E-state index contributed by atoms with van der Waals surface area (Å²) in [6.45, 7) is 1.12. The van der Waals surface area contributed by atoms with Gasteiger partial charge in [0.25, 0.3) is 5.56 Å². The Morgan fingerprint density at radius 1 is 1.26 bits per heavy atom. The predicted octanol–water partition coefficient (Wildman–Crippen LogP) is 2.13. The molecular formula is C16H9Cl2FN6O2. The molecule has 0 aliphatic heterocycles. The van der Waals surface area contributed by atoms with Gasteiger partial charge in [0.15, 0.2) is 16.8 Å². The molecule has 0 aromatic carbocycles. The smallest absolute Gasteiger partial charge is 0.283 e. The summed E-state index contributed by atoms with van der Waals surface area (Å²) in [7, 11) is 0. The lowest BCUT2D eigenvalue weighted by Gasteiger charge is -2.14. The number of hydrogen-bond donors (Lipinski definition) is 0. The maximum absolute atomic E-state index is 13.4. The molecule has 3 aromatic heterocycles. The zero-order valence-corrected chi connectivity index (χ0v) is 15.2. The Morgan fingerprint density at radius 2 is 2.00 bits per heavy atom. The summed E-state index contributed by atoms with van der Waals surface area (Å²) in [5, 5.41) is 8.78. The van der Waals surface area contributed by atoms with Crippen molar-refractivity contribution in [1.29, 1.82) is 5.26 Å². The minimum atomic E-state index is -0.859. The van der Waals surface area contributed by atoms with E-state index in [-0.39, 0.29) is 34.3 Å². The largest absolute Gasteiger partial charge is 0.336 e. The van der Waals surface area contributed by atoms with Gasteiger partial charge in [-0.15, -0.1) is 0 Å². The molecule has 0 amide bonds. The maximum Gasteiger partial charge on any atom is 0.336 e. The van der Waals surface area contributed by atoms with E-state index in [1.165, 1.54) is 25.4 Å². The zero-order chi connectivity index (χ0) is 19.7.